The molecule has 0 amide bonds. The van der Waals surface area contributed by atoms with Gasteiger partial charge < -0.3 is 14.3 Å². The third-order valence-corrected chi connectivity index (χ3v) is 3.82. The van der Waals surface area contributed by atoms with Crippen LogP contribution in [0.3, 0.4) is 0 Å². The zero-order valence-electron chi connectivity index (χ0n) is 9.89. The summed E-state index contributed by atoms with van der Waals surface area (Å²) in [6.07, 6.45) is 1.98. The van der Waals surface area contributed by atoms with Gasteiger partial charge in [-0.2, -0.15) is 0 Å². The molecule has 1 aromatic carbocycles. The predicted octanol–water partition coefficient (Wildman–Crippen LogP) is 3.45. The van der Waals surface area contributed by atoms with Crippen molar-refractivity contribution in [3.63, 3.8) is 0 Å². The van der Waals surface area contributed by atoms with Gasteiger partial charge in [-0.3, -0.25) is 0 Å². The molecule has 2 atom stereocenters. The number of fused-ring (bicyclic) bond motifs is 1. The molecule has 2 aromatic rings. The fraction of sp³-hybridized carbons (Fsp3) is 0.286. The molecule has 0 aliphatic carbocycles. The van der Waals surface area contributed by atoms with E-state index in [4.69, 9.17) is 9.15 Å². The van der Waals surface area contributed by atoms with Gasteiger partial charge in [-0.05, 0) is 52.2 Å². The van der Waals surface area contributed by atoms with E-state index in [9.17, 15) is 5.11 Å². The van der Waals surface area contributed by atoms with Gasteiger partial charge in [0, 0.05) is 12.0 Å². The summed E-state index contributed by atoms with van der Waals surface area (Å²) in [5, 5.41) is 10.3. The Labute approximate surface area is 114 Å². The fourth-order valence-corrected chi connectivity index (χ4v) is 2.75. The summed E-state index contributed by atoms with van der Waals surface area (Å²) in [7, 11) is 0. The van der Waals surface area contributed by atoms with Crippen molar-refractivity contribution in [2.75, 3.05) is 0 Å². The number of hydrogen-bond acceptors (Lipinski definition) is 3. The molecular formula is C14H13BrO3. The highest BCUT2D eigenvalue weighted by Gasteiger charge is 2.22. The van der Waals surface area contributed by atoms with E-state index in [1.165, 1.54) is 0 Å². The molecule has 1 aliphatic heterocycles. The molecule has 94 valence electrons. The lowest BCUT2D eigenvalue weighted by Crippen LogP contribution is -2.05. The molecule has 0 bridgehead atoms. The van der Waals surface area contributed by atoms with Crippen molar-refractivity contribution in [3.05, 3.63) is 51.9 Å². The van der Waals surface area contributed by atoms with Crippen LogP contribution in [0.2, 0.25) is 0 Å². The molecule has 1 N–H and O–H groups in total. The zero-order chi connectivity index (χ0) is 12.7. The number of ether oxygens (including phenoxy) is 1. The fourth-order valence-electron chi connectivity index (χ4n) is 2.29. The molecule has 0 saturated heterocycles. The third kappa shape index (κ3) is 1.95. The minimum Gasteiger partial charge on any atom is -0.490 e. The van der Waals surface area contributed by atoms with Gasteiger partial charge in [0.2, 0.25) is 0 Å². The van der Waals surface area contributed by atoms with E-state index in [1.54, 1.807) is 12.3 Å². The molecule has 1 aliphatic rings. The first-order chi connectivity index (χ1) is 8.65. The van der Waals surface area contributed by atoms with Crippen LogP contribution < -0.4 is 4.74 Å². The number of benzene rings is 1. The molecule has 0 radical (unpaired) electrons. The number of aliphatic hydroxyl groups is 1. The van der Waals surface area contributed by atoms with E-state index < -0.39 is 6.10 Å². The van der Waals surface area contributed by atoms with Crippen LogP contribution in [0.5, 0.6) is 5.75 Å². The van der Waals surface area contributed by atoms with Gasteiger partial charge in [0.05, 0.1) is 6.26 Å². The predicted molar refractivity (Wildman–Crippen MR) is 70.7 cm³/mol. The third-order valence-electron chi connectivity index (χ3n) is 3.18. The average Bonchev–Trinajstić information content (AvgIpc) is 2.91. The summed E-state index contributed by atoms with van der Waals surface area (Å²) >= 11 is 3.28. The van der Waals surface area contributed by atoms with Crippen molar-refractivity contribution in [1.82, 2.24) is 0 Å². The molecule has 18 heavy (non-hydrogen) atoms. The summed E-state index contributed by atoms with van der Waals surface area (Å²) in [4.78, 5) is 0. The quantitative estimate of drug-likeness (QED) is 0.924. The monoisotopic (exact) mass is 308 g/mol. The molecule has 4 heteroatoms. The molecular weight excluding hydrogens is 296 g/mol. The number of rotatable bonds is 2. The van der Waals surface area contributed by atoms with E-state index in [0.29, 0.717) is 4.67 Å². The largest absolute Gasteiger partial charge is 0.490 e. The SMILES string of the molecule is CC1Cc2cc(C(O)c3ccoc3Br)ccc2O1. The zero-order valence-corrected chi connectivity index (χ0v) is 11.5. The van der Waals surface area contributed by atoms with Gasteiger partial charge in [-0.1, -0.05) is 6.07 Å². The van der Waals surface area contributed by atoms with Crippen LogP contribution in [-0.4, -0.2) is 11.2 Å². The number of aliphatic hydroxyl groups excluding tert-OH is 1. The van der Waals surface area contributed by atoms with E-state index in [-0.39, 0.29) is 6.10 Å². The van der Waals surface area contributed by atoms with Gasteiger partial charge in [0.1, 0.15) is 18.0 Å². The maximum absolute atomic E-state index is 10.3. The van der Waals surface area contributed by atoms with Crippen molar-refractivity contribution >= 4 is 15.9 Å². The second-order valence-corrected chi connectivity index (χ2v) is 5.27. The summed E-state index contributed by atoms with van der Waals surface area (Å²) in [6.45, 7) is 2.04. The van der Waals surface area contributed by atoms with Crippen LogP contribution in [-0.2, 0) is 6.42 Å². The number of halogens is 1. The summed E-state index contributed by atoms with van der Waals surface area (Å²) in [5.74, 6) is 0.921. The molecule has 0 saturated carbocycles. The van der Waals surface area contributed by atoms with Gasteiger partial charge in [0.15, 0.2) is 4.67 Å². The highest BCUT2D eigenvalue weighted by molar-refractivity contribution is 9.10. The van der Waals surface area contributed by atoms with Crippen LogP contribution in [0.4, 0.5) is 0 Å². The van der Waals surface area contributed by atoms with E-state index in [2.05, 4.69) is 15.9 Å². The Morgan fingerprint density at radius 3 is 2.94 bits per heavy atom. The standard InChI is InChI=1S/C14H13BrO3/c1-8-6-10-7-9(2-3-12(10)18-8)13(16)11-4-5-17-14(11)15/h2-5,7-8,13,16H,6H2,1H3. The van der Waals surface area contributed by atoms with Crippen molar-refractivity contribution in [2.24, 2.45) is 0 Å². The maximum Gasteiger partial charge on any atom is 0.175 e. The minimum absolute atomic E-state index is 0.216. The normalized spacial score (nSPS) is 19.4. The second kappa shape index (κ2) is 4.44. The Morgan fingerprint density at radius 1 is 1.39 bits per heavy atom. The second-order valence-electron chi connectivity index (χ2n) is 4.55. The molecule has 2 heterocycles. The smallest absolute Gasteiger partial charge is 0.175 e. The van der Waals surface area contributed by atoms with Gasteiger partial charge >= 0.3 is 0 Å². The first kappa shape index (κ1) is 11.8. The molecule has 0 spiro atoms. The lowest BCUT2D eigenvalue weighted by Gasteiger charge is -2.10. The Balaban J connectivity index is 1.94. The van der Waals surface area contributed by atoms with E-state index in [1.807, 2.05) is 25.1 Å². The van der Waals surface area contributed by atoms with E-state index in [0.717, 1.165) is 28.9 Å². The molecule has 3 rings (SSSR count). The Kier molecular flexibility index (Phi) is 2.92. The molecule has 3 nitrogen and oxygen atoms in total. The van der Waals surface area contributed by atoms with Gasteiger partial charge in [-0.15, -0.1) is 0 Å². The summed E-state index contributed by atoms with van der Waals surface area (Å²) < 4.78 is 11.4. The van der Waals surface area contributed by atoms with Crippen LogP contribution in [0.1, 0.15) is 29.7 Å². The summed E-state index contributed by atoms with van der Waals surface area (Å²) in [5.41, 5.74) is 2.74. The Morgan fingerprint density at radius 2 is 2.22 bits per heavy atom. The molecule has 0 fully saturated rings. The van der Waals surface area contributed by atoms with Crippen LogP contribution in [0.25, 0.3) is 0 Å². The van der Waals surface area contributed by atoms with Crippen molar-refractivity contribution in [2.45, 2.75) is 25.6 Å². The van der Waals surface area contributed by atoms with Crippen LogP contribution in [0, 0.1) is 0 Å². The highest BCUT2D eigenvalue weighted by atomic mass is 79.9. The average molecular weight is 309 g/mol. The van der Waals surface area contributed by atoms with Crippen molar-refractivity contribution in [3.8, 4) is 5.75 Å². The highest BCUT2D eigenvalue weighted by Crippen LogP contribution is 2.34. The van der Waals surface area contributed by atoms with Gasteiger partial charge in [-0.25, -0.2) is 0 Å². The summed E-state index contributed by atoms with van der Waals surface area (Å²) in [6, 6.07) is 7.58. The lowest BCUT2D eigenvalue weighted by atomic mass is 10.0. The maximum atomic E-state index is 10.3. The molecule has 1 aromatic heterocycles. The number of furan rings is 1. The number of hydrogen-bond donors (Lipinski definition) is 1. The first-order valence-electron chi connectivity index (χ1n) is 5.85. The Bertz CT molecular complexity index is 576. The Hall–Kier alpha value is -1.26. The van der Waals surface area contributed by atoms with Crippen molar-refractivity contribution < 1.29 is 14.3 Å². The lowest BCUT2D eigenvalue weighted by molar-refractivity contribution is 0.218. The topological polar surface area (TPSA) is 42.6 Å². The van der Waals surface area contributed by atoms with Crippen LogP contribution in [0.15, 0.2) is 39.6 Å². The van der Waals surface area contributed by atoms with Crippen LogP contribution >= 0.6 is 15.9 Å². The molecule has 2 unspecified atom stereocenters. The minimum atomic E-state index is -0.681. The van der Waals surface area contributed by atoms with Gasteiger partial charge in [0.25, 0.3) is 0 Å². The van der Waals surface area contributed by atoms with E-state index >= 15 is 0 Å². The van der Waals surface area contributed by atoms with Crippen molar-refractivity contribution in [1.29, 1.82) is 0 Å². The first-order valence-corrected chi connectivity index (χ1v) is 6.65.